The van der Waals surface area contributed by atoms with E-state index in [0.29, 0.717) is 0 Å². The molecule has 4 rings (SSSR count). The topological polar surface area (TPSA) is 67.5 Å². The molecule has 30 heavy (non-hydrogen) atoms. The number of allylic oxidation sites excluding steroid dienone is 1. The minimum Gasteiger partial charge on any atom is -0.478 e. The van der Waals surface area contributed by atoms with Gasteiger partial charge in [0.15, 0.2) is 5.65 Å². The first-order valence-corrected chi connectivity index (χ1v) is 9.75. The summed E-state index contributed by atoms with van der Waals surface area (Å²) in [5.74, 6) is -0.960. The zero-order chi connectivity index (χ0) is 20.9. The lowest BCUT2D eigenvalue weighted by Crippen LogP contribution is -1.96. The molecule has 0 aliphatic heterocycles. The Balaban J connectivity index is 1.89. The van der Waals surface area contributed by atoms with Crippen molar-refractivity contribution in [3.63, 3.8) is 0 Å². The van der Waals surface area contributed by atoms with Crippen LogP contribution in [-0.2, 0) is 4.79 Å². The van der Waals surface area contributed by atoms with Gasteiger partial charge in [0, 0.05) is 12.3 Å². The lowest BCUT2D eigenvalue weighted by Gasteiger charge is -2.16. The van der Waals surface area contributed by atoms with E-state index in [-0.39, 0.29) is 0 Å². The summed E-state index contributed by atoms with van der Waals surface area (Å²) in [6.07, 6.45) is 7.25. The van der Waals surface area contributed by atoms with Crippen LogP contribution in [0.15, 0.2) is 85.3 Å². The lowest BCUT2D eigenvalue weighted by molar-refractivity contribution is -0.131. The van der Waals surface area contributed by atoms with Crippen molar-refractivity contribution in [3.8, 4) is 0 Å². The normalized spacial score (nSPS) is 12.3. The van der Waals surface area contributed by atoms with Crippen molar-refractivity contribution in [3.05, 3.63) is 108 Å². The molecular weight excluding hydrogens is 374 g/mol. The molecule has 0 radical (unpaired) electrons. The number of fused-ring (bicyclic) bond motifs is 1. The van der Waals surface area contributed by atoms with Gasteiger partial charge in [0.2, 0.25) is 0 Å². The smallest absolute Gasteiger partial charge is 0.328 e. The first kappa shape index (κ1) is 19.3. The highest BCUT2D eigenvalue weighted by Gasteiger charge is 2.14. The predicted octanol–water partition coefficient (Wildman–Crippen LogP) is 5.20. The number of benzene rings is 2. The highest BCUT2D eigenvalue weighted by Crippen LogP contribution is 2.34. The third-order valence-corrected chi connectivity index (χ3v) is 4.98. The van der Waals surface area contributed by atoms with Crippen LogP contribution in [0.5, 0.6) is 0 Å². The average molecular weight is 395 g/mol. The van der Waals surface area contributed by atoms with Crippen molar-refractivity contribution in [2.75, 3.05) is 0 Å². The van der Waals surface area contributed by atoms with Crippen molar-refractivity contribution in [2.24, 2.45) is 0 Å². The summed E-state index contributed by atoms with van der Waals surface area (Å²) >= 11 is 0. The Morgan fingerprint density at radius 3 is 2.47 bits per heavy atom. The predicted molar refractivity (Wildman–Crippen MR) is 119 cm³/mol. The maximum Gasteiger partial charge on any atom is 0.328 e. The first-order valence-electron chi connectivity index (χ1n) is 9.75. The van der Waals surface area contributed by atoms with Crippen LogP contribution < -0.4 is 0 Å². The van der Waals surface area contributed by atoms with Crippen LogP contribution in [0.4, 0.5) is 0 Å². The standard InChI is InChI=1S/C25H21N3O2/c1-2-22(19-6-4-3-5-7-19)25(21-14-15-28-17-26-27-23(28)16-21)20-11-8-18(9-12-20)10-13-24(29)30/h3-17H,2H2,1H3,(H,29,30). The van der Waals surface area contributed by atoms with E-state index in [2.05, 4.69) is 35.3 Å². The SMILES string of the molecule is CCC(=C(c1ccc(C=CC(=O)O)cc1)c1ccn2cnnc2c1)c1ccccc1. The number of carbonyl (C=O) groups is 1. The molecule has 0 fully saturated rings. The van der Waals surface area contributed by atoms with E-state index < -0.39 is 5.97 Å². The molecule has 0 unspecified atom stereocenters. The highest BCUT2D eigenvalue weighted by molar-refractivity contribution is 5.99. The summed E-state index contributed by atoms with van der Waals surface area (Å²) in [6.45, 7) is 2.15. The number of nitrogens with zero attached hydrogens (tertiary/aromatic N) is 3. The summed E-state index contributed by atoms with van der Waals surface area (Å²) in [5, 5.41) is 17.0. The fraction of sp³-hybridized carbons (Fsp3) is 0.0800. The van der Waals surface area contributed by atoms with Gasteiger partial charge in [0.05, 0.1) is 0 Å². The Morgan fingerprint density at radius 1 is 1.00 bits per heavy atom. The summed E-state index contributed by atoms with van der Waals surface area (Å²) in [5.41, 5.74) is 7.28. The third kappa shape index (κ3) is 4.05. The average Bonchev–Trinajstić information content (AvgIpc) is 3.25. The van der Waals surface area contributed by atoms with E-state index in [1.807, 2.05) is 59.1 Å². The summed E-state index contributed by atoms with van der Waals surface area (Å²) in [4.78, 5) is 10.8. The second-order valence-corrected chi connectivity index (χ2v) is 6.88. The number of aromatic nitrogens is 3. The maximum atomic E-state index is 10.8. The molecule has 0 aliphatic carbocycles. The molecular formula is C25H21N3O2. The van der Waals surface area contributed by atoms with Crippen LogP contribution in [0, 0.1) is 0 Å². The molecule has 0 amide bonds. The van der Waals surface area contributed by atoms with E-state index in [1.54, 1.807) is 12.4 Å². The Morgan fingerprint density at radius 2 is 1.77 bits per heavy atom. The van der Waals surface area contributed by atoms with E-state index >= 15 is 0 Å². The molecule has 148 valence electrons. The van der Waals surface area contributed by atoms with Crippen LogP contribution in [0.1, 0.15) is 35.6 Å². The molecule has 5 nitrogen and oxygen atoms in total. The van der Waals surface area contributed by atoms with Gasteiger partial charge in [0.25, 0.3) is 0 Å². The van der Waals surface area contributed by atoms with Crippen LogP contribution >= 0.6 is 0 Å². The number of hydrogen-bond acceptors (Lipinski definition) is 3. The van der Waals surface area contributed by atoms with Gasteiger partial charge in [-0.05, 0) is 58.0 Å². The number of carboxylic acid groups (broad SMARTS) is 1. The molecule has 0 bridgehead atoms. The summed E-state index contributed by atoms with van der Waals surface area (Å²) < 4.78 is 1.88. The molecule has 4 aromatic rings. The number of hydrogen-bond donors (Lipinski definition) is 1. The van der Waals surface area contributed by atoms with Crippen molar-refractivity contribution >= 4 is 28.8 Å². The Bertz CT molecular complexity index is 1240. The molecule has 0 aliphatic rings. The van der Waals surface area contributed by atoms with Crippen LogP contribution in [-0.4, -0.2) is 25.7 Å². The van der Waals surface area contributed by atoms with E-state index in [9.17, 15) is 4.79 Å². The van der Waals surface area contributed by atoms with Crippen LogP contribution in [0.25, 0.3) is 22.9 Å². The number of carboxylic acids is 1. The fourth-order valence-electron chi connectivity index (χ4n) is 3.58. The fourth-order valence-corrected chi connectivity index (χ4v) is 3.58. The second kappa shape index (κ2) is 8.57. The maximum absolute atomic E-state index is 10.8. The van der Waals surface area contributed by atoms with Crippen LogP contribution in [0.2, 0.25) is 0 Å². The Kier molecular flexibility index (Phi) is 5.52. The van der Waals surface area contributed by atoms with Gasteiger partial charge in [-0.15, -0.1) is 10.2 Å². The van der Waals surface area contributed by atoms with E-state index in [4.69, 9.17) is 5.11 Å². The molecule has 0 spiro atoms. The molecule has 0 atom stereocenters. The van der Waals surface area contributed by atoms with Crippen molar-refractivity contribution in [1.29, 1.82) is 0 Å². The van der Waals surface area contributed by atoms with Crippen LogP contribution in [0.3, 0.4) is 0 Å². The van der Waals surface area contributed by atoms with Gasteiger partial charge in [0.1, 0.15) is 6.33 Å². The molecule has 0 saturated heterocycles. The Labute approximate surface area is 174 Å². The quantitative estimate of drug-likeness (QED) is 0.360. The molecule has 0 saturated carbocycles. The lowest BCUT2D eigenvalue weighted by atomic mass is 9.88. The largest absolute Gasteiger partial charge is 0.478 e. The monoisotopic (exact) mass is 395 g/mol. The summed E-state index contributed by atoms with van der Waals surface area (Å²) in [6, 6.07) is 22.4. The minimum atomic E-state index is -0.960. The van der Waals surface area contributed by atoms with E-state index in [1.165, 1.54) is 11.1 Å². The van der Waals surface area contributed by atoms with Gasteiger partial charge in [-0.25, -0.2) is 4.79 Å². The molecule has 2 heterocycles. The minimum absolute atomic E-state index is 0.787. The molecule has 1 N–H and O–H groups in total. The molecule has 2 aromatic carbocycles. The number of pyridine rings is 1. The molecule has 5 heteroatoms. The Hall–Kier alpha value is -3.99. The van der Waals surface area contributed by atoms with Crippen molar-refractivity contribution in [1.82, 2.24) is 14.6 Å². The van der Waals surface area contributed by atoms with Gasteiger partial charge in [-0.3, -0.25) is 4.40 Å². The van der Waals surface area contributed by atoms with E-state index in [0.717, 1.165) is 40.4 Å². The van der Waals surface area contributed by atoms with Crippen molar-refractivity contribution < 1.29 is 9.90 Å². The zero-order valence-electron chi connectivity index (χ0n) is 16.6. The van der Waals surface area contributed by atoms with Crippen molar-refractivity contribution in [2.45, 2.75) is 13.3 Å². The highest BCUT2D eigenvalue weighted by atomic mass is 16.4. The molecule has 2 aromatic heterocycles. The third-order valence-electron chi connectivity index (χ3n) is 4.98. The number of aliphatic carboxylic acids is 1. The van der Waals surface area contributed by atoms with Gasteiger partial charge < -0.3 is 5.11 Å². The first-order chi connectivity index (χ1) is 14.7. The zero-order valence-corrected chi connectivity index (χ0v) is 16.6. The second-order valence-electron chi connectivity index (χ2n) is 6.88. The van der Waals surface area contributed by atoms with Gasteiger partial charge in [-0.1, -0.05) is 61.5 Å². The van der Waals surface area contributed by atoms with Gasteiger partial charge in [-0.2, -0.15) is 0 Å². The summed E-state index contributed by atoms with van der Waals surface area (Å²) in [7, 11) is 0. The number of rotatable bonds is 6. The van der Waals surface area contributed by atoms with Gasteiger partial charge >= 0.3 is 5.97 Å².